The van der Waals surface area contributed by atoms with Crippen molar-refractivity contribution < 1.29 is 4.79 Å². The van der Waals surface area contributed by atoms with Gasteiger partial charge in [0, 0.05) is 48.3 Å². The second kappa shape index (κ2) is 7.99. The van der Waals surface area contributed by atoms with Gasteiger partial charge in [0.05, 0.1) is 5.52 Å². The molecule has 0 spiro atoms. The Balaban J connectivity index is 1.22. The Kier molecular flexibility index (Phi) is 4.82. The predicted octanol–water partition coefficient (Wildman–Crippen LogP) is 3.71. The molecule has 2 aliphatic rings. The number of pyridine rings is 1. The SMILES string of the molecule is O=C(C1CC1)N1CCC(Cn2c(-c3ccc(-c4cnc5ccccc5c4)cc3)n[nH]c2=O)C1. The number of nitrogens with zero attached hydrogens (tertiary/aromatic N) is 4. The maximum absolute atomic E-state index is 12.5. The molecule has 33 heavy (non-hydrogen) atoms. The van der Waals surface area contributed by atoms with Crippen molar-refractivity contribution in [3.63, 3.8) is 0 Å². The largest absolute Gasteiger partial charge is 0.343 e. The highest BCUT2D eigenvalue weighted by atomic mass is 16.2. The molecule has 1 saturated carbocycles. The number of nitrogens with one attached hydrogen (secondary N) is 1. The third kappa shape index (κ3) is 3.84. The van der Waals surface area contributed by atoms with Gasteiger partial charge in [-0.15, -0.1) is 0 Å². The van der Waals surface area contributed by atoms with E-state index in [-0.39, 0.29) is 23.4 Å². The molecule has 2 aromatic carbocycles. The quantitative estimate of drug-likeness (QED) is 0.514. The van der Waals surface area contributed by atoms with Crippen molar-refractivity contribution in [2.24, 2.45) is 11.8 Å². The van der Waals surface area contributed by atoms with Gasteiger partial charge in [0.2, 0.25) is 5.91 Å². The number of aromatic amines is 1. The lowest BCUT2D eigenvalue weighted by molar-refractivity contribution is -0.131. The second-order valence-electron chi connectivity index (χ2n) is 9.17. The molecular formula is C26H25N5O2. The van der Waals surface area contributed by atoms with Crippen LogP contribution in [0.15, 0.2) is 65.6 Å². The van der Waals surface area contributed by atoms with Gasteiger partial charge in [0.25, 0.3) is 0 Å². The summed E-state index contributed by atoms with van der Waals surface area (Å²) in [4.78, 5) is 31.4. The van der Waals surface area contributed by atoms with E-state index in [2.05, 4.69) is 27.3 Å². The molecule has 2 aromatic heterocycles. The topological polar surface area (TPSA) is 83.9 Å². The summed E-state index contributed by atoms with van der Waals surface area (Å²) in [6, 6.07) is 18.3. The van der Waals surface area contributed by atoms with Crippen LogP contribution in [0.3, 0.4) is 0 Å². The molecule has 1 aliphatic heterocycles. The van der Waals surface area contributed by atoms with E-state index in [9.17, 15) is 9.59 Å². The zero-order chi connectivity index (χ0) is 22.4. The van der Waals surface area contributed by atoms with Gasteiger partial charge in [-0.05, 0) is 42.9 Å². The molecule has 0 bridgehead atoms. The van der Waals surface area contributed by atoms with Gasteiger partial charge in [-0.1, -0.05) is 42.5 Å². The highest BCUT2D eigenvalue weighted by Crippen LogP contribution is 2.33. The first-order valence-corrected chi connectivity index (χ1v) is 11.6. The number of rotatable bonds is 5. The van der Waals surface area contributed by atoms with E-state index in [0.717, 1.165) is 59.9 Å². The molecule has 7 heteroatoms. The molecule has 6 rings (SSSR count). The van der Waals surface area contributed by atoms with Gasteiger partial charge in [-0.3, -0.25) is 14.3 Å². The maximum Gasteiger partial charge on any atom is 0.343 e. The highest BCUT2D eigenvalue weighted by Gasteiger charge is 2.36. The van der Waals surface area contributed by atoms with Crippen LogP contribution in [0.1, 0.15) is 19.3 Å². The zero-order valence-electron chi connectivity index (χ0n) is 18.3. The van der Waals surface area contributed by atoms with Crippen molar-refractivity contribution >= 4 is 16.8 Å². The molecule has 0 radical (unpaired) electrons. The first-order valence-electron chi connectivity index (χ1n) is 11.6. The lowest BCUT2D eigenvalue weighted by Crippen LogP contribution is -2.31. The fourth-order valence-electron chi connectivity index (χ4n) is 4.78. The molecule has 3 heterocycles. The summed E-state index contributed by atoms with van der Waals surface area (Å²) in [5.74, 6) is 1.43. The van der Waals surface area contributed by atoms with Crippen LogP contribution in [0.2, 0.25) is 0 Å². The first-order chi connectivity index (χ1) is 16.2. The molecule has 166 valence electrons. The first kappa shape index (κ1) is 19.9. The number of likely N-dealkylation sites (tertiary alicyclic amines) is 1. The maximum atomic E-state index is 12.5. The van der Waals surface area contributed by atoms with E-state index >= 15 is 0 Å². The van der Waals surface area contributed by atoms with Crippen molar-refractivity contribution in [2.75, 3.05) is 13.1 Å². The number of fused-ring (bicyclic) bond motifs is 1. The van der Waals surface area contributed by atoms with Crippen LogP contribution >= 0.6 is 0 Å². The Labute approximate surface area is 191 Å². The lowest BCUT2D eigenvalue weighted by atomic mass is 10.0. The number of aromatic nitrogens is 4. The number of H-pyrrole nitrogens is 1. The van der Waals surface area contributed by atoms with Gasteiger partial charge in [0.1, 0.15) is 0 Å². The van der Waals surface area contributed by atoms with E-state index < -0.39 is 0 Å². The third-order valence-corrected chi connectivity index (χ3v) is 6.79. The number of hydrogen-bond donors (Lipinski definition) is 1. The average molecular weight is 440 g/mol. The normalized spacial score (nSPS) is 18.2. The minimum atomic E-state index is -0.209. The van der Waals surface area contributed by atoms with Crippen LogP contribution in [0, 0.1) is 11.8 Å². The number of carbonyl (C=O) groups is 1. The molecular weight excluding hydrogens is 414 g/mol. The van der Waals surface area contributed by atoms with Crippen LogP contribution in [0.25, 0.3) is 33.4 Å². The Bertz CT molecular complexity index is 1380. The van der Waals surface area contributed by atoms with E-state index in [1.54, 1.807) is 4.57 Å². The summed E-state index contributed by atoms with van der Waals surface area (Å²) >= 11 is 0. The number of carbonyl (C=O) groups excluding carboxylic acids is 1. The molecule has 1 N–H and O–H groups in total. The van der Waals surface area contributed by atoms with Gasteiger partial charge in [0.15, 0.2) is 5.82 Å². The Morgan fingerprint density at radius 1 is 1.00 bits per heavy atom. The standard InChI is InChI=1S/C26H25N5O2/c32-25(20-9-10-20)30-12-11-17(15-30)16-31-24(28-29-26(31)33)19-7-5-18(6-8-19)22-13-21-3-1-2-4-23(21)27-14-22/h1-8,13-14,17,20H,9-12,15-16H2,(H,29,33). The monoisotopic (exact) mass is 439 g/mol. The van der Waals surface area contributed by atoms with Crippen LogP contribution in [-0.4, -0.2) is 43.6 Å². The van der Waals surface area contributed by atoms with Crippen molar-refractivity contribution in [1.29, 1.82) is 0 Å². The summed E-state index contributed by atoms with van der Waals surface area (Å²) in [6.07, 6.45) is 4.85. The molecule has 2 fully saturated rings. The van der Waals surface area contributed by atoms with Crippen LogP contribution in [0.4, 0.5) is 0 Å². The van der Waals surface area contributed by atoms with E-state index in [1.807, 2.05) is 53.6 Å². The minimum Gasteiger partial charge on any atom is -0.342 e. The molecule has 1 amide bonds. The summed E-state index contributed by atoms with van der Waals surface area (Å²) < 4.78 is 1.71. The Morgan fingerprint density at radius 3 is 2.61 bits per heavy atom. The van der Waals surface area contributed by atoms with E-state index in [0.29, 0.717) is 12.4 Å². The molecule has 1 aliphatic carbocycles. The number of amides is 1. The van der Waals surface area contributed by atoms with Crippen molar-refractivity contribution in [2.45, 2.75) is 25.8 Å². The molecule has 1 saturated heterocycles. The number of para-hydroxylation sites is 1. The predicted molar refractivity (Wildman–Crippen MR) is 126 cm³/mol. The number of benzene rings is 2. The minimum absolute atomic E-state index is 0.209. The fraction of sp³-hybridized carbons (Fsp3) is 0.308. The highest BCUT2D eigenvalue weighted by molar-refractivity contribution is 5.83. The number of hydrogen-bond acceptors (Lipinski definition) is 4. The van der Waals surface area contributed by atoms with Crippen LogP contribution in [0.5, 0.6) is 0 Å². The Hall–Kier alpha value is -3.74. The molecule has 4 aromatic rings. The second-order valence-corrected chi connectivity index (χ2v) is 9.17. The van der Waals surface area contributed by atoms with Gasteiger partial charge in [-0.25, -0.2) is 9.89 Å². The van der Waals surface area contributed by atoms with Crippen LogP contribution < -0.4 is 5.69 Å². The fourth-order valence-corrected chi connectivity index (χ4v) is 4.78. The van der Waals surface area contributed by atoms with Gasteiger partial charge in [-0.2, -0.15) is 5.10 Å². The average Bonchev–Trinajstić information content (AvgIpc) is 3.50. The summed E-state index contributed by atoms with van der Waals surface area (Å²) in [6.45, 7) is 2.08. The molecule has 1 atom stereocenters. The van der Waals surface area contributed by atoms with Crippen molar-refractivity contribution in [3.05, 3.63) is 71.3 Å². The Morgan fingerprint density at radius 2 is 1.79 bits per heavy atom. The third-order valence-electron chi connectivity index (χ3n) is 6.79. The smallest absolute Gasteiger partial charge is 0.342 e. The zero-order valence-corrected chi connectivity index (χ0v) is 18.3. The summed E-state index contributed by atoms with van der Waals surface area (Å²) in [5.41, 5.74) is 3.76. The van der Waals surface area contributed by atoms with Gasteiger partial charge < -0.3 is 4.90 Å². The van der Waals surface area contributed by atoms with Crippen LogP contribution in [-0.2, 0) is 11.3 Å². The molecule has 7 nitrogen and oxygen atoms in total. The van der Waals surface area contributed by atoms with Gasteiger partial charge >= 0.3 is 5.69 Å². The lowest BCUT2D eigenvalue weighted by Gasteiger charge is -2.16. The van der Waals surface area contributed by atoms with E-state index in [1.165, 1.54) is 0 Å². The summed E-state index contributed by atoms with van der Waals surface area (Å²) in [5, 5.41) is 8.00. The molecule has 1 unspecified atom stereocenters. The van der Waals surface area contributed by atoms with E-state index in [4.69, 9.17) is 0 Å². The summed E-state index contributed by atoms with van der Waals surface area (Å²) in [7, 11) is 0. The van der Waals surface area contributed by atoms with Crippen molar-refractivity contribution in [1.82, 2.24) is 24.6 Å². The van der Waals surface area contributed by atoms with Crippen molar-refractivity contribution in [3.8, 4) is 22.5 Å².